The minimum atomic E-state index is -4.52. The van der Waals surface area contributed by atoms with Crippen molar-refractivity contribution in [1.82, 2.24) is 29.1 Å². The van der Waals surface area contributed by atoms with Gasteiger partial charge in [-0.1, -0.05) is 35.6 Å². The number of ether oxygens (including phenoxy) is 1. The molecule has 1 saturated carbocycles. The van der Waals surface area contributed by atoms with E-state index in [-0.39, 0.29) is 17.2 Å². The van der Waals surface area contributed by atoms with Crippen LogP contribution in [0.4, 0.5) is 13.2 Å². The molecule has 0 atom stereocenters. The molecule has 0 radical (unpaired) electrons. The number of benzene rings is 1. The normalized spacial score (nSPS) is 13.8. The van der Waals surface area contributed by atoms with Crippen LogP contribution in [0.2, 0.25) is 0 Å². The van der Waals surface area contributed by atoms with E-state index in [4.69, 9.17) is 9.72 Å². The Morgan fingerprint density at radius 1 is 1.11 bits per heavy atom. The van der Waals surface area contributed by atoms with Crippen molar-refractivity contribution in [3.8, 4) is 28.5 Å². The lowest BCUT2D eigenvalue weighted by Crippen LogP contribution is -2.14. The van der Waals surface area contributed by atoms with Gasteiger partial charge in [-0.05, 0) is 24.5 Å². The highest BCUT2D eigenvalue weighted by Crippen LogP contribution is 2.45. The monoisotopic (exact) mass is 538 g/mol. The van der Waals surface area contributed by atoms with Crippen molar-refractivity contribution in [1.29, 1.82) is 0 Å². The summed E-state index contributed by atoms with van der Waals surface area (Å²) < 4.78 is 48.3. The first-order valence-electron chi connectivity index (χ1n) is 11.8. The minimum Gasteiger partial charge on any atom is -0.496 e. The number of aryl methyl sites for hydroxylation is 1. The van der Waals surface area contributed by atoms with E-state index in [1.807, 2.05) is 0 Å². The molecule has 0 unspecified atom stereocenters. The molecule has 1 fully saturated rings. The smallest absolute Gasteiger partial charge is 0.434 e. The third kappa shape index (κ3) is 4.34. The number of aromatic nitrogens is 6. The summed E-state index contributed by atoms with van der Waals surface area (Å²) in [5.41, 5.74) is 2.52. The van der Waals surface area contributed by atoms with E-state index in [1.165, 1.54) is 11.6 Å². The Bertz CT molecular complexity index is 1720. The zero-order chi connectivity index (χ0) is 26.6. The van der Waals surface area contributed by atoms with Gasteiger partial charge in [0.2, 0.25) is 0 Å². The van der Waals surface area contributed by atoms with E-state index in [0.29, 0.717) is 33.4 Å². The summed E-state index contributed by atoms with van der Waals surface area (Å²) in [7, 11) is 3.11. The van der Waals surface area contributed by atoms with Crippen molar-refractivity contribution in [2.45, 2.75) is 31.5 Å². The third-order valence-corrected chi connectivity index (χ3v) is 7.38. The molecule has 4 heterocycles. The van der Waals surface area contributed by atoms with Gasteiger partial charge in [-0.3, -0.25) is 14.3 Å². The number of imidazole rings is 1. The first-order chi connectivity index (χ1) is 18.2. The topological polar surface area (TPSA) is 87.7 Å². The molecule has 12 heteroatoms. The Labute approximate surface area is 218 Å². The molecule has 1 aromatic carbocycles. The molecular weight excluding hydrogens is 517 g/mol. The number of nitrogens with zero attached hydrogens (tertiary/aromatic N) is 6. The average Bonchev–Trinajstić information content (AvgIpc) is 3.60. The number of pyridine rings is 1. The van der Waals surface area contributed by atoms with Gasteiger partial charge < -0.3 is 9.30 Å². The van der Waals surface area contributed by atoms with Crippen LogP contribution in [0, 0.1) is 0 Å². The van der Waals surface area contributed by atoms with Gasteiger partial charge in [0.25, 0.3) is 0 Å². The maximum Gasteiger partial charge on any atom is 0.434 e. The molecule has 0 amide bonds. The molecule has 0 aliphatic heterocycles. The van der Waals surface area contributed by atoms with Crippen LogP contribution in [-0.4, -0.2) is 36.2 Å². The zero-order valence-corrected chi connectivity index (χ0v) is 21.2. The van der Waals surface area contributed by atoms with E-state index in [2.05, 4.69) is 15.0 Å². The number of methoxy groups -OCH3 is 1. The summed E-state index contributed by atoms with van der Waals surface area (Å²) in [6.07, 6.45) is 1.90. The minimum absolute atomic E-state index is 0.185. The Morgan fingerprint density at radius 3 is 2.53 bits per heavy atom. The molecule has 6 rings (SSSR count). The van der Waals surface area contributed by atoms with Gasteiger partial charge in [0.05, 0.1) is 35.8 Å². The highest BCUT2D eigenvalue weighted by Gasteiger charge is 2.34. The lowest BCUT2D eigenvalue weighted by Gasteiger charge is -2.12. The second-order valence-electron chi connectivity index (χ2n) is 9.14. The van der Waals surface area contributed by atoms with Crippen LogP contribution < -0.4 is 9.61 Å². The van der Waals surface area contributed by atoms with Crippen LogP contribution in [0.3, 0.4) is 0 Å². The standard InChI is InChI=1S/C26H21F3N6O2S/c1-34-13-19(26(27,28)29)32-23(34)16-5-3-14(4-6-16)12-35-24-18(38-25(35)36)11-31-22(33-24)20-17(37-2)9-10-30-21(20)15-7-8-15/h3-6,9-11,13,15H,7-8,12H2,1-2H3. The summed E-state index contributed by atoms with van der Waals surface area (Å²) in [5.74, 6) is 1.62. The lowest BCUT2D eigenvalue weighted by atomic mass is 10.1. The van der Waals surface area contributed by atoms with Gasteiger partial charge in [-0.2, -0.15) is 13.2 Å². The molecule has 0 spiro atoms. The molecule has 1 aliphatic carbocycles. The summed E-state index contributed by atoms with van der Waals surface area (Å²) in [6.45, 7) is 0.240. The Morgan fingerprint density at radius 2 is 1.87 bits per heavy atom. The predicted molar refractivity (Wildman–Crippen MR) is 136 cm³/mol. The first-order valence-corrected chi connectivity index (χ1v) is 12.6. The van der Waals surface area contributed by atoms with Crippen molar-refractivity contribution in [2.24, 2.45) is 7.05 Å². The van der Waals surface area contributed by atoms with E-state index >= 15 is 0 Å². The van der Waals surface area contributed by atoms with Gasteiger partial charge in [0.15, 0.2) is 17.2 Å². The molecule has 0 N–H and O–H groups in total. The van der Waals surface area contributed by atoms with Crippen molar-refractivity contribution in [3.05, 3.63) is 75.5 Å². The average molecular weight is 539 g/mol. The number of fused-ring (bicyclic) bond motifs is 1. The molecule has 38 heavy (non-hydrogen) atoms. The SMILES string of the molecule is COc1ccnc(C2CC2)c1-c1ncc2sc(=O)n(Cc3ccc(-c4nc(C(F)(F)F)cn4C)cc3)c2n1. The maximum atomic E-state index is 13.1. The quantitative estimate of drug-likeness (QED) is 0.293. The molecule has 8 nitrogen and oxygen atoms in total. The zero-order valence-electron chi connectivity index (χ0n) is 20.4. The van der Waals surface area contributed by atoms with Crippen LogP contribution in [0.1, 0.15) is 35.7 Å². The van der Waals surface area contributed by atoms with Crippen LogP contribution in [0.5, 0.6) is 5.75 Å². The van der Waals surface area contributed by atoms with Crippen LogP contribution >= 0.6 is 11.3 Å². The van der Waals surface area contributed by atoms with Crippen LogP contribution in [0.25, 0.3) is 33.1 Å². The van der Waals surface area contributed by atoms with Crippen molar-refractivity contribution in [2.75, 3.05) is 7.11 Å². The molecule has 194 valence electrons. The number of hydrogen-bond acceptors (Lipinski definition) is 7. The Hall–Kier alpha value is -4.06. The Kier molecular flexibility index (Phi) is 5.78. The summed E-state index contributed by atoms with van der Waals surface area (Å²) in [6, 6.07) is 8.70. The van der Waals surface area contributed by atoms with E-state index < -0.39 is 11.9 Å². The van der Waals surface area contributed by atoms with Crippen LogP contribution in [0.15, 0.2) is 53.7 Å². The molecule has 1 aliphatic rings. The van der Waals surface area contributed by atoms with Gasteiger partial charge in [-0.15, -0.1) is 0 Å². The third-order valence-electron chi connectivity index (χ3n) is 6.48. The fourth-order valence-corrected chi connectivity index (χ4v) is 5.26. The number of thiazole rings is 1. The summed E-state index contributed by atoms with van der Waals surface area (Å²) in [5, 5.41) is 0. The number of rotatable bonds is 6. The van der Waals surface area contributed by atoms with E-state index in [0.717, 1.165) is 47.2 Å². The highest BCUT2D eigenvalue weighted by atomic mass is 32.1. The molecule has 0 saturated heterocycles. The van der Waals surface area contributed by atoms with Gasteiger partial charge in [-0.25, -0.2) is 15.0 Å². The number of hydrogen-bond donors (Lipinski definition) is 0. The van der Waals surface area contributed by atoms with E-state index in [1.54, 1.807) is 54.4 Å². The number of alkyl halides is 3. The van der Waals surface area contributed by atoms with Gasteiger partial charge >= 0.3 is 11.0 Å². The molecular formula is C26H21F3N6O2S. The van der Waals surface area contributed by atoms with Gasteiger partial charge in [0.1, 0.15) is 11.6 Å². The highest BCUT2D eigenvalue weighted by molar-refractivity contribution is 7.16. The Balaban J connectivity index is 1.35. The second kappa shape index (κ2) is 9.05. The number of halogens is 3. The fraction of sp³-hybridized carbons (Fsp3) is 0.269. The van der Waals surface area contributed by atoms with Crippen molar-refractivity contribution < 1.29 is 17.9 Å². The lowest BCUT2D eigenvalue weighted by molar-refractivity contribution is -0.140. The van der Waals surface area contributed by atoms with Crippen molar-refractivity contribution >= 4 is 21.7 Å². The second-order valence-corrected chi connectivity index (χ2v) is 10.1. The summed E-state index contributed by atoms with van der Waals surface area (Å²) >= 11 is 1.06. The van der Waals surface area contributed by atoms with Crippen LogP contribution in [-0.2, 0) is 19.8 Å². The maximum absolute atomic E-state index is 13.1. The fourth-order valence-electron chi connectivity index (χ4n) is 4.46. The first kappa shape index (κ1) is 24.3. The van der Waals surface area contributed by atoms with Gasteiger partial charge in [0, 0.05) is 30.9 Å². The van der Waals surface area contributed by atoms with Crippen molar-refractivity contribution in [3.63, 3.8) is 0 Å². The molecule has 5 aromatic rings. The summed E-state index contributed by atoms with van der Waals surface area (Å²) in [4.78, 5) is 30.3. The largest absolute Gasteiger partial charge is 0.496 e. The predicted octanol–water partition coefficient (Wildman–Crippen LogP) is 5.27. The molecule has 0 bridgehead atoms. The van der Waals surface area contributed by atoms with E-state index in [9.17, 15) is 18.0 Å². The molecule has 4 aromatic heterocycles.